The van der Waals surface area contributed by atoms with E-state index in [1.54, 1.807) is 0 Å². The third-order valence-electron chi connectivity index (χ3n) is 7.53. The number of benzene rings is 1. The van der Waals surface area contributed by atoms with Gasteiger partial charge in [-0.25, -0.2) is 0 Å². The van der Waals surface area contributed by atoms with Crippen molar-refractivity contribution < 1.29 is 19.4 Å². The minimum absolute atomic E-state index is 0.0175. The largest absolute Gasteiger partial charge is 0.390 e. The monoisotopic (exact) mass is 399 g/mol. The quantitative estimate of drug-likeness (QED) is 0.593. The molecule has 7 nitrogen and oxygen atoms in total. The summed E-state index contributed by atoms with van der Waals surface area (Å²) in [5.74, 6) is -0.0991. The van der Waals surface area contributed by atoms with E-state index in [-0.39, 0.29) is 17.9 Å². The van der Waals surface area contributed by atoms with E-state index < -0.39 is 22.7 Å². The van der Waals surface area contributed by atoms with Crippen LogP contribution in [0.3, 0.4) is 0 Å². The molecule has 1 aromatic carbocycles. The van der Waals surface area contributed by atoms with E-state index in [2.05, 4.69) is 16.0 Å². The van der Waals surface area contributed by atoms with Gasteiger partial charge in [-0.1, -0.05) is 24.3 Å². The third-order valence-corrected chi connectivity index (χ3v) is 7.53. The van der Waals surface area contributed by atoms with Crippen LogP contribution in [0.4, 0.5) is 0 Å². The third kappa shape index (κ3) is 2.75. The van der Waals surface area contributed by atoms with Crippen LogP contribution in [-0.4, -0.2) is 53.9 Å². The smallest absolute Gasteiger partial charge is 0.229 e. The fourth-order valence-electron chi connectivity index (χ4n) is 6.21. The first-order valence-corrected chi connectivity index (χ1v) is 10.6. The number of carbonyl (C=O) groups excluding carboxylic acids is 2. The molecule has 2 aliphatic carbocycles. The van der Waals surface area contributed by atoms with Crippen LogP contribution in [0.1, 0.15) is 49.8 Å². The molecule has 2 amide bonds. The Balaban J connectivity index is 1.40. The molecule has 0 aromatic heterocycles. The number of rotatable bonds is 4. The molecule has 2 atom stereocenters. The Morgan fingerprint density at radius 1 is 1.24 bits per heavy atom. The molecule has 1 spiro atoms. The van der Waals surface area contributed by atoms with Gasteiger partial charge in [-0.05, 0) is 49.9 Å². The van der Waals surface area contributed by atoms with Crippen molar-refractivity contribution in [1.29, 1.82) is 0 Å². The molecule has 7 heteroatoms. The predicted octanol–water partition coefficient (Wildman–Crippen LogP) is 0.568. The first-order valence-electron chi connectivity index (χ1n) is 10.6. The summed E-state index contributed by atoms with van der Waals surface area (Å²) in [4.78, 5) is 25.1. The maximum atomic E-state index is 13.7. The van der Waals surface area contributed by atoms with Crippen LogP contribution >= 0.6 is 0 Å². The Morgan fingerprint density at radius 3 is 2.69 bits per heavy atom. The summed E-state index contributed by atoms with van der Waals surface area (Å²) in [7, 11) is 0. The lowest BCUT2D eigenvalue weighted by molar-refractivity contribution is -0.142. The highest BCUT2D eigenvalue weighted by atomic mass is 16.5. The fraction of sp³-hybridized carbons (Fsp3) is 0.636. The normalized spacial score (nSPS) is 36.3. The number of carbonyl (C=O) groups is 2. The molecule has 29 heavy (non-hydrogen) atoms. The zero-order valence-corrected chi connectivity index (χ0v) is 16.8. The highest BCUT2D eigenvalue weighted by Gasteiger charge is 2.77. The summed E-state index contributed by atoms with van der Waals surface area (Å²) < 4.78 is 6.61. The second-order valence-corrected chi connectivity index (χ2v) is 9.30. The topological polar surface area (TPSA) is 99.7 Å². The van der Waals surface area contributed by atoms with Gasteiger partial charge < -0.3 is 25.8 Å². The van der Waals surface area contributed by atoms with Crippen LogP contribution in [0.2, 0.25) is 0 Å². The van der Waals surface area contributed by atoms with Gasteiger partial charge in [0.2, 0.25) is 11.8 Å². The molecule has 3 aliphatic heterocycles. The molecule has 4 N–H and O–H groups in total. The number of nitrogens with one attached hydrogen (secondary N) is 3. The molecule has 3 saturated heterocycles. The van der Waals surface area contributed by atoms with Gasteiger partial charge in [-0.15, -0.1) is 0 Å². The molecule has 156 valence electrons. The fourth-order valence-corrected chi connectivity index (χ4v) is 6.21. The standard InChI is InChI=1S/C22H29N3O4/c1-14(26)24-13-20-11-21(12-20,22(29-20)6-8-23-9-7-22)19(28)25-18-16-5-3-2-4-15(16)10-17(18)27/h2-5,17-18,23,27H,6-13H2,1H3,(H,24,26)(H,25,28)/t17-,18+,20?,21?/m0/s1. The summed E-state index contributed by atoms with van der Waals surface area (Å²) in [5.41, 5.74) is 0.559. The molecule has 2 bridgehead atoms. The highest BCUT2D eigenvalue weighted by molar-refractivity contribution is 5.87. The summed E-state index contributed by atoms with van der Waals surface area (Å²) in [6, 6.07) is 7.53. The van der Waals surface area contributed by atoms with Gasteiger partial charge >= 0.3 is 0 Å². The lowest BCUT2D eigenvalue weighted by Gasteiger charge is -2.48. The van der Waals surface area contributed by atoms with E-state index in [9.17, 15) is 14.7 Å². The zero-order valence-electron chi connectivity index (χ0n) is 16.8. The summed E-state index contributed by atoms with van der Waals surface area (Å²) in [6.45, 7) is 3.59. The minimum atomic E-state index is -0.608. The molecule has 4 fully saturated rings. The number of piperidine rings is 1. The molecule has 0 radical (unpaired) electrons. The van der Waals surface area contributed by atoms with E-state index in [0.29, 0.717) is 25.8 Å². The van der Waals surface area contributed by atoms with Crippen LogP contribution in [0.15, 0.2) is 24.3 Å². The van der Waals surface area contributed by atoms with Crippen LogP contribution in [0.25, 0.3) is 0 Å². The van der Waals surface area contributed by atoms with Gasteiger partial charge in [0.05, 0.1) is 28.8 Å². The van der Waals surface area contributed by atoms with Crippen molar-refractivity contribution in [2.75, 3.05) is 19.6 Å². The van der Waals surface area contributed by atoms with Crippen molar-refractivity contribution in [1.82, 2.24) is 16.0 Å². The number of hydrogen-bond donors (Lipinski definition) is 4. The molecule has 5 aliphatic rings. The van der Waals surface area contributed by atoms with Gasteiger partial charge in [-0.3, -0.25) is 9.59 Å². The molecular formula is C22H29N3O4. The van der Waals surface area contributed by atoms with Gasteiger partial charge in [0.25, 0.3) is 0 Å². The zero-order chi connectivity index (χ0) is 20.3. The van der Waals surface area contributed by atoms with Crippen molar-refractivity contribution in [3.63, 3.8) is 0 Å². The van der Waals surface area contributed by atoms with Gasteiger partial charge in [0.1, 0.15) is 0 Å². The number of aliphatic hydroxyl groups is 1. The Hall–Kier alpha value is -1.96. The molecule has 6 rings (SSSR count). The Morgan fingerprint density at radius 2 is 1.97 bits per heavy atom. The maximum Gasteiger partial charge on any atom is 0.229 e. The lowest BCUT2D eigenvalue weighted by atomic mass is 9.53. The highest BCUT2D eigenvalue weighted by Crippen LogP contribution is 2.69. The number of amides is 2. The molecule has 3 heterocycles. The Kier molecular flexibility index (Phi) is 4.28. The van der Waals surface area contributed by atoms with Crippen molar-refractivity contribution in [3.8, 4) is 0 Å². The lowest BCUT2D eigenvalue weighted by Crippen LogP contribution is -2.62. The van der Waals surface area contributed by atoms with E-state index >= 15 is 0 Å². The Bertz CT molecular complexity index is 842. The average Bonchev–Trinajstić information content (AvgIpc) is 3.23. The number of aliphatic hydroxyl groups excluding tert-OH is 1. The molecular weight excluding hydrogens is 370 g/mol. The second-order valence-electron chi connectivity index (χ2n) is 9.30. The van der Waals surface area contributed by atoms with Crippen LogP contribution < -0.4 is 16.0 Å². The van der Waals surface area contributed by atoms with Crippen molar-refractivity contribution in [2.45, 2.75) is 62.4 Å². The summed E-state index contributed by atoms with van der Waals surface area (Å²) in [6.07, 6.45) is 2.76. The summed E-state index contributed by atoms with van der Waals surface area (Å²) >= 11 is 0. The second kappa shape index (κ2) is 6.52. The van der Waals surface area contributed by atoms with Crippen molar-refractivity contribution in [3.05, 3.63) is 35.4 Å². The van der Waals surface area contributed by atoms with Crippen LogP contribution in [-0.2, 0) is 20.7 Å². The minimum Gasteiger partial charge on any atom is -0.390 e. The maximum absolute atomic E-state index is 13.7. The van der Waals surface area contributed by atoms with Crippen LogP contribution in [0, 0.1) is 5.41 Å². The van der Waals surface area contributed by atoms with E-state index in [4.69, 9.17) is 4.74 Å². The van der Waals surface area contributed by atoms with Gasteiger partial charge in [0, 0.05) is 19.9 Å². The first kappa shape index (κ1) is 19.0. The van der Waals surface area contributed by atoms with Crippen molar-refractivity contribution >= 4 is 11.8 Å². The van der Waals surface area contributed by atoms with E-state index in [0.717, 1.165) is 37.1 Å². The van der Waals surface area contributed by atoms with Crippen molar-refractivity contribution in [2.24, 2.45) is 5.41 Å². The Labute approximate surface area is 170 Å². The molecule has 1 saturated carbocycles. The van der Waals surface area contributed by atoms with Gasteiger partial charge in [-0.2, -0.15) is 0 Å². The molecule has 0 unspecified atom stereocenters. The molecule has 1 aromatic rings. The summed E-state index contributed by atoms with van der Waals surface area (Å²) in [5, 5.41) is 20.0. The first-order chi connectivity index (χ1) is 13.9. The van der Waals surface area contributed by atoms with E-state index in [1.807, 2.05) is 24.3 Å². The SMILES string of the molecule is CC(=O)NCC12CC(C(=O)N[C@@H]3c4ccccc4C[C@@H]3O)(C1)C1(CCNCC1)O2. The van der Waals surface area contributed by atoms with Gasteiger partial charge in [0.15, 0.2) is 0 Å². The number of ether oxygens (including phenoxy) is 1. The number of hydrogen-bond acceptors (Lipinski definition) is 5. The number of fused-ring (bicyclic) bond motifs is 1. The van der Waals surface area contributed by atoms with Crippen LogP contribution in [0.5, 0.6) is 0 Å². The van der Waals surface area contributed by atoms with E-state index in [1.165, 1.54) is 6.92 Å². The average molecular weight is 399 g/mol. The predicted molar refractivity (Wildman–Crippen MR) is 106 cm³/mol.